The zero-order chi connectivity index (χ0) is 15.4. The summed E-state index contributed by atoms with van der Waals surface area (Å²) in [5.41, 5.74) is 7.26. The Morgan fingerprint density at radius 3 is 2.71 bits per heavy atom. The number of nitrogens with two attached hydrogens (primary N) is 1. The van der Waals surface area contributed by atoms with Crippen molar-refractivity contribution in [1.29, 1.82) is 0 Å². The maximum absolute atomic E-state index is 12.3. The molecular formula is C16H23N3O2. The number of amides is 1. The average molecular weight is 289 g/mol. The van der Waals surface area contributed by atoms with Crippen LogP contribution in [0.2, 0.25) is 0 Å². The zero-order valence-electron chi connectivity index (χ0n) is 12.6. The lowest BCUT2D eigenvalue weighted by atomic mass is 10.2. The lowest BCUT2D eigenvalue weighted by Crippen LogP contribution is -2.40. The van der Waals surface area contributed by atoms with Crippen molar-refractivity contribution in [1.82, 2.24) is 9.80 Å². The maximum atomic E-state index is 12.3. The summed E-state index contributed by atoms with van der Waals surface area (Å²) in [6, 6.07) is 7.42. The quantitative estimate of drug-likeness (QED) is 0.635. The second-order valence-corrected chi connectivity index (χ2v) is 5.80. The molecule has 2 rings (SSSR count). The largest absolute Gasteiger partial charge is 0.399 e. The number of benzene rings is 1. The van der Waals surface area contributed by atoms with Gasteiger partial charge in [0.05, 0.1) is 6.10 Å². The monoisotopic (exact) mass is 289 g/mol. The van der Waals surface area contributed by atoms with E-state index in [0.717, 1.165) is 12.1 Å². The van der Waals surface area contributed by atoms with Gasteiger partial charge in [0.1, 0.15) is 0 Å². The SMILES string of the molecule is CN(C)CC1CC(O)CN1C(=O)/C=C/c1ccc(N)cc1. The number of aliphatic hydroxyl groups excluding tert-OH is 1. The summed E-state index contributed by atoms with van der Waals surface area (Å²) in [6.07, 6.45) is 3.55. The summed E-state index contributed by atoms with van der Waals surface area (Å²) in [6.45, 7) is 1.17. The average Bonchev–Trinajstić information content (AvgIpc) is 2.78. The third kappa shape index (κ3) is 4.31. The van der Waals surface area contributed by atoms with E-state index in [1.54, 1.807) is 29.2 Å². The molecule has 2 atom stereocenters. The minimum atomic E-state index is -0.427. The van der Waals surface area contributed by atoms with Crippen molar-refractivity contribution >= 4 is 17.7 Å². The molecule has 21 heavy (non-hydrogen) atoms. The second-order valence-electron chi connectivity index (χ2n) is 5.80. The summed E-state index contributed by atoms with van der Waals surface area (Å²) in [5, 5.41) is 9.80. The number of hydrogen-bond acceptors (Lipinski definition) is 4. The van der Waals surface area contributed by atoms with Crippen LogP contribution in [0.15, 0.2) is 30.3 Å². The van der Waals surface area contributed by atoms with Gasteiger partial charge < -0.3 is 20.6 Å². The van der Waals surface area contributed by atoms with E-state index in [0.29, 0.717) is 18.7 Å². The topological polar surface area (TPSA) is 69.8 Å². The molecule has 114 valence electrons. The molecule has 1 aromatic rings. The van der Waals surface area contributed by atoms with Crippen molar-refractivity contribution < 1.29 is 9.90 Å². The van der Waals surface area contributed by atoms with Gasteiger partial charge in [0.2, 0.25) is 5.91 Å². The number of anilines is 1. The van der Waals surface area contributed by atoms with Crippen LogP contribution in [-0.4, -0.2) is 60.1 Å². The molecule has 0 bridgehead atoms. The number of rotatable bonds is 4. The molecule has 0 aliphatic carbocycles. The van der Waals surface area contributed by atoms with Crippen LogP contribution in [0.3, 0.4) is 0 Å². The lowest BCUT2D eigenvalue weighted by Gasteiger charge is -2.25. The Labute approximate surface area is 125 Å². The van der Waals surface area contributed by atoms with Crippen LogP contribution in [0.5, 0.6) is 0 Å². The molecule has 1 aliphatic heterocycles. The number of nitrogens with zero attached hydrogens (tertiary/aromatic N) is 2. The number of carbonyl (C=O) groups is 1. The Bertz CT molecular complexity index is 511. The summed E-state index contributed by atoms with van der Waals surface area (Å²) >= 11 is 0. The van der Waals surface area contributed by atoms with Crippen LogP contribution in [0.4, 0.5) is 5.69 Å². The van der Waals surface area contributed by atoms with Crippen LogP contribution >= 0.6 is 0 Å². The molecule has 1 heterocycles. The van der Waals surface area contributed by atoms with Gasteiger partial charge >= 0.3 is 0 Å². The van der Waals surface area contributed by atoms with E-state index < -0.39 is 6.10 Å². The molecule has 2 unspecified atom stereocenters. The number of likely N-dealkylation sites (tertiary alicyclic amines) is 1. The fourth-order valence-corrected chi connectivity index (χ4v) is 2.63. The van der Waals surface area contributed by atoms with Crippen molar-refractivity contribution in [3.05, 3.63) is 35.9 Å². The van der Waals surface area contributed by atoms with Crippen molar-refractivity contribution in [2.75, 3.05) is 32.9 Å². The molecular weight excluding hydrogens is 266 g/mol. The molecule has 0 radical (unpaired) electrons. The van der Waals surface area contributed by atoms with Gasteiger partial charge in [0.25, 0.3) is 0 Å². The number of nitrogen functional groups attached to an aromatic ring is 1. The molecule has 5 nitrogen and oxygen atoms in total. The number of likely N-dealkylation sites (N-methyl/N-ethyl adjacent to an activating group) is 1. The first kappa shape index (κ1) is 15.5. The van der Waals surface area contributed by atoms with Gasteiger partial charge in [-0.05, 0) is 44.3 Å². The van der Waals surface area contributed by atoms with Gasteiger partial charge in [-0.3, -0.25) is 4.79 Å². The Balaban J connectivity index is 2.02. The highest BCUT2D eigenvalue weighted by Gasteiger charge is 2.33. The molecule has 5 heteroatoms. The van der Waals surface area contributed by atoms with E-state index >= 15 is 0 Å². The standard InChI is InChI=1S/C16H23N3O2/c1-18(2)10-14-9-15(20)11-19(14)16(21)8-5-12-3-6-13(17)7-4-12/h3-8,14-15,20H,9-11,17H2,1-2H3/b8-5+. The van der Waals surface area contributed by atoms with E-state index in [1.165, 1.54) is 0 Å². The van der Waals surface area contributed by atoms with Gasteiger partial charge in [0.15, 0.2) is 0 Å². The fourth-order valence-electron chi connectivity index (χ4n) is 2.63. The summed E-state index contributed by atoms with van der Waals surface area (Å²) in [7, 11) is 3.94. The minimum absolute atomic E-state index is 0.0600. The fraction of sp³-hybridized carbons (Fsp3) is 0.438. The Kier molecular flexibility index (Phi) is 4.98. The van der Waals surface area contributed by atoms with Crippen LogP contribution < -0.4 is 5.73 Å². The highest BCUT2D eigenvalue weighted by molar-refractivity contribution is 5.92. The van der Waals surface area contributed by atoms with Crippen LogP contribution in [0, 0.1) is 0 Å². The number of β-amino-alcohol motifs (C(OH)–C–C–N with tert-alkyl or cyclic N) is 1. The smallest absolute Gasteiger partial charge is 0.246 e. The summed E-state index contributed by atoms with van der Waals surface area (Å²) < 4.78 is 0. The predicted octanol–water partition coefficient (Wildman–Crippen LogP) is 0.805. The third-order valence-corrected chi connectivity index (χ3v) is 3.61. The lowest BCUT2D eigenvalue weighted by molar-refractivity contribution is -0.127. The third-order valence-electron chi connectivity index (χ3n) is 3.61. The van der Waals surface area contributed by atoms with E-state index in [9.17, 15) is 9.90 Å². The number of carbonyl (C=O) groups excluding carboxylic acids is 1. The van der Waals surface area contributed by atoms with Crippen molar-refractivity contribution in [2.45, 2.75) is 18.6 Å². The second kappa shape index (κ2) is 6.74. The van der Waals surface area contributed by atoms with Crippen LogP contribution in [0.1, 0.15) is 12.0 Å². The molecule has 1 fully saturated rings. The number of hydrogen-bond donors (Lipinski definition) is 2. The maximum Gasteiger partial charge on any atom is 0.246 e. The first-order chi connectivity index (χ1) is 9.95. The Morgan fingerprint density at radius 1 is 1.43 bits per heavy atom. The van der Waals surface area contributed by atoms with E-state index in [-0.39, 0.29) is 11.9 Å². The molecule has 3 N–H and O–H groups in total. The van der Waals surface area contributed by atoms with E-state index in [1.807, 2.05) is 31.1 Å². The Hall–Kier alpha value is -1.85. The molecule has 1 amide bonds. The van der Waals surface area contributed by atoms with Crippen molar-refractivity contribution in [2.24, 2.45) is 0 Å². The van der Waals surface area contributed by atoms with Gasteiger partial charge in [0, 0.05) is 30.9 Å². The van der Waals surface area contributed by atoms with Gasteiger partial charge in [-0.25, -0.2) is 0 Å². The van der Waals surface area contributed by atoms with E-state index in [4.69, 9.17) is 5.73 Å². The number of aliphatic hydroxyl groups is 1. The molecule has 0 aromatic heterocycles. The first-order valence-electron chi connectivity index (χ1n) is 7.12. The normalized spacial score (nSPS) is 22.4. The summed E-state index contributed by atoms with van der Waals surface area (Å²) in [4.78, 5) is 16.1. The van der Waals surface area contributed by atoms with E-state index in [2.05, 4.69) is 0 Å². The molecule has 1 aliphatic rings. The van der Waals surface area contributed by atoms with Gasteiger partial charge in [-0.1, -0.05) is 12.1 Å². The first-order valence-corrected chi connectivity index (χ1v) is 7.12. The van der Waals surface area contributed by atoms with Crippen molar-refractivity contribution in [3.63, 3.8) is 0 Å². The molecule has 0 spiro atoms. The zero-order valence-corrected chi connectivity index (χ0v) is 12.6. The highest BCUT2D eigenvalue weighted by Crippen LogP contribution is 2.19. The Morgan fingerprint density at radius 2 is 2.10 bits per heavy atom. The molecule has 1 aromatic carbocycles. The van der Waals surface area contributed by atoms with Crippen LogP contribution in [0.25, 0.3) is 6.08 Å². The van der Waals surface area contributed by atoms with Gasteiger partial charge in [-0.15, -0.1) is 0 Å². The molecule has 1 saturated heterocycles. The summed E-state index contributed by atoms with van der Waals surface area (Å²) in [5.74, 6) is -0.0600. The molecule has 0 saturated carbocycles. The van der Waals surface area contributed by atoms with Gasteiger partial charge in [-0.2, -0.15) is 0 Å². The van der Waals surface area contributed by atoms with Crippen molar-refractivity contribution in [3.8, 4) is 0 Å². The minimum Gasteiger partial charge on any atom is -0.399 e. The van der Waals surface area contributed by atoms with Crippen LogP contribution in [-0.2, 0) is 4.79 Å². The predicted molar refractivity (Wildman–Crippen MR) is 84.6 cm³/mol. The highest BCUT2D eigenvalue weighted by atomic mass is 16.3.